The molecule has 1 aliphatic heterocycles. The van der Waals surface area contributed by atoms with Crippen LogP contribution >= 0.6 is 0 Å². The molecule has 1 aromatic carbocycles. The fourth-order valence-electron chi connectivity index (χ4n) is 2.24. The number of carbonyl (C=O) groups is 2. The van der Waals surface area contributed by atoms with Crippen LogP contribution in [0.3, 0.4) is 0 Å². The first-order chi connectivity index (χ1) is 10.6. The van der Waals surface area contributed by atoms with Gasteiger partial charge >= 0.3 is 0 Å². The average Bonchev–Trinajstić information content (AvgIpc) is 2.51. The first-order valence-corrected chi connectivity index (χ1v) is 7.61. The Hall–Kier alpha value is -1.92. The molecule has 0 aromatic heterocycles. The fraction of sp³-hybridized carbons (Fsp3) is 0.500. The molecule has 1 heterocycles. The molecule has 1 saturated heterocycles. The maximum absolute atomic E-state index is 12.1. The van der Waals surface area contributed by atoms with E-state index in [-0.39, 0.29) is 17.9 Å². The molecule has 2 rings (SSSR count). The second-order valence-corrected chi connectivity index (χ2v) is 5.38. The van der Waals surface area contributed by atoms with E-state index >= 15 is 0 Å². The Balaban J connectivity index is 1.96. The Labute approximate surface area is 130 Å². The summed E-state index contributed by atoms with van der Waals surface area (Å²) in [5.41, 5.74) is 2.34. The van der Waals surface area contributed by atoms with E-state index in [1.807, 2.05) is 19.1 Å². The van der Waals surface area contributed by atoms with E-state index in [9.17, 15) is 9.59 Å². The van der Waals surface area contributed by atoms with Gasteiger partial charge < -0.3 is 20.7 Å². The minimum Gasteiger partial charge on any atom is -0.375 e. The zero-order valence-electron chi connectivity index (χ0n) is 13.1. The molecule has 6 nitrogen and oxygen atoms in total. The fourth-order valence-corrected chi connectivity index (χ4v) is 2.24. The number of ether oxygens (including phenoxy) is 1. The number of benzene rings is 1. The van der Waals surface area contributed by atoms with Crippen LogP contribution in [-0.4, -0.2) is 37.6 Å². The van der Waals surface area contributed by atoms with Crippen molar-refractivity contribution in [3.05, 3.63) is 23.8 Å². The molecule has 1 atom stereocenters. The highest BCUT2D eigenvalue weighted by molar-refractivity contribution is 5.94. The summed E-state index contributed by atoms with van der Waals surface area (Å²) in [4.78, 5) is 23.6. The van der Waals surface area contributed by atoms with Crippen LogP contribution in [0.25, 0.3) is 0 Å². The summed E-state index contributed by atoms with van der Waals surface area (Å²) >= 11 is 0. The smallest absolute Gasteiger partial charge is 0.227 e. The lowest BCUT2D eigenvalue weighted by Crippen LogP contribution is -2.40. The lowest BCUT2D eigenvalue weighted by atomic mass is 10.1. The molecule has 1 aliphatic rings. The van der Waals surface area contributed by atoms with Gasteiger partial charge in [0, 0.05) is 30.9 Å². The Morgan fingerprint density at radius 1 is 1.32 bits per heavy atom. The molecule has 0 aliphatic carbocycles. The summed E-state index contributed by atoms with van der Waals surface area (Å²) in [6.07, 6.45) is 0.650. The monoisotopic (exact) mass is 305 g/mol. The van der Waals surface area contributed by atoms with Crippen molar-refractivity contribution in [1.29, 1.82) is 0 Å². The van der Waals surface area contributed by atoms with Crippen molar-refractivity contribution in [2.45, 2.75) is 32.8 Å². The van der Waals surface area contributed by atoms with Crippen LogP contribution in [0.2, 0.25) is 0 Å². The lowest BCUT2D eigenvalue weighted by molar-refractivity contribution is -0.119. The Kier molecular flexibility index (Phi) is 5.91. The highest BCUT2D eigenvalue weighted by atomic mass is 16.5. The Morgan fingerprint density at radius 3 is 2.82 bits per heavy atom. The number of anilines is 2. The van der Waals surface area contributed by atoms with E-state index in [1.165, 1.54) is 0 Å². The third kappa shape index (κ3) is 4.82. The number of hydrogen-bond donors (Lipinski definition) is 3. The van der Waals surface area contributed by atoms with Crippen LogP contribution in [0.1, 0.15) is 25.3 Å². The van der Waals surface area contributed by atoms with Gasteiger partial charge in [0.15, 0.2) is 0 Å². The SMILES string of the molecule is CCC(=O)Nc1ccc(C)c(NC(=O)CC2CNCCO2)c1. The summed E-state index contributed by atoms with van der Waals surface area (Å²) in [5, 5.41) is 8.88. The number of hydrogen-bond acceptors (Lipinski definition) is 4. The highest BCUT2D eigenvalue weighted by Crippen LogP contribution is 2.21. The number of amides is 2. The van der Waals surface area contributed by atoms with Crippen LogP contribution in [0.15, 0.2) is 18.2 Å². The lowest BCUT2D eigenvalue weighted by Gasteiger charge is -2.23. The van der Waals surface area contributed by atoms with Crippen molar-refractivity contribution in [3.63, 3.8) is 0 Å². The topological polar surface area (TPSA) is 79.5 Å². The van der Waals surface area contributed by atoms with Crippen LogP contribution in [0.5, 0.6) is 0 Å². The van der Waals surface area contributed by atoms with E-state index in [0.717, 1.165) is 12.1 Å². The zero-order valence-corrected chi connectivity index (χ0v) is 13.1. The quantitative estimate of drug-likeness (QED) is 0.773. The Bertz CT molecular complexity index is 539. The maximum atomic E-state index is 12.1. The maximum Gasteiger partial charge on any atom is 0.227 e. The molecule has 0 bridgehead atoms. The summed E-state index contributed by atoms with van der Waals surface area (Å²) in [6.45, 7) is 5.87. The number of carbonyl (C=O) groups excluding carboxylic acids is 2. The van der Waals surface area contributed by atoms with Gasteiger partial charge in [-0.2, -0.15) is 0 Å². The second kappa shape index (κ2) is 7.91. The zero-order chi connectivity index (χ0) is 15.9. The molecule has 1 unspecified atom stereocenters. The molecule has 1 aromatic rings. The number of nitrogens with one attached hydrogen (secondary N) is 3. The Morgan fingerprint density at radius 2 is 2.14 bits per heavy atom. The van der Waals surface area contributed by atoms with Crippen LogP contribution in [0, 0.1) is 6.92 Å². The van der Waals surface area contributed by atoms with Crippen molar-refractivity contribution in [3.8, 4) is 0 Å². The van der Waals surface area contributed by atoms with E-state index in [4.69, 9.17) is 4.74 Å². The van der Waals surface area contributed by atoms with E-state index in [0.29, 0.717) is 37.4 Å². The predicted octanol–water partition coefficient (Wildman–Crippen LogP) is 1.66. The summed E-state index contributed by atoms with van der Waals surface area (Å²) < 4.78 is 5.53. The van der Waals surface area contributed by atoms with Crippen molar-refractivity contribution in [1.82, 2.24) is 5.32 Å². The van der Waals surface area contributed by atoms with E-state index in [1.54, 1.807) is 13.0 Å². The van der Waals surface area contributed by atoms with Crippen molar-refractivity contribution >= 4 is 23.2 Å². The van der Waals surface area contributed by atoms with Crippen molar-refractivity contribution < 1.29 is 14.3 Å². The molecular weight excluding hydrogens is 282 g/mol. The van der Waals surface area contributed by atoms with Crippen LogP contribution < -0.4 is 16.0 Å². The predicted molar refractivity (Wildman–Crippen MR) is 86.0 cm³/mol. The van der Waals surface area contributed by atoms with Gasteiger partial charge in [0.25, 0.3) is 0 Å². The van der Waals surface area contributed by atoms with Gasteiger partial charge in [0.2, 0.25) is 11.8 Å². The van der Waals surface area contributed by atoms with Gasteiger partial charge in [0.1, 0.15) is 0 Å². The second-order valence-electron chi connectivity index (χ2n) is 5.38. The van der Waals surface area contributed by atoms with Gasteiger partial charge in [-0.1, -0.05) is 13.0 Å². The van der Waals surface area contributed by atoms with Gasteiger partial charge in [-0.15, -0.1) is 0 Å². The average molecular weight is 305 g/mol. The number of morpholine rings is 1. The molecule has 2 amide bonds. The van der Waals surface area contributed by atoms with Crippen molar-refractivity contribution in [2.24, 2.45) is 0 Å². The third-order valence-corrected chi connectivity index (χ3v) is 3.53. The van der Waals surface area contributed by atoms with Gasteiger partial charge in [-0.05, 0) is 24.6 Å². The summed E-state index contributed by atoms with van der Waals surface area (Å²) in [6, 6.07) is 5.48. The first-order valence-electron chi connectivity index (χ1n) is 7.61. The van der Waals surface area contributed by atoms with Crippen LogP contribution in [-0.2, 0) is 14.3 Å². The molecule has 6 heteroatoms. The van der Waals surface area contributed by atoms with Gasteiger partial charge in [-0.3, -0.25) is 9.59 Å². The minimum absolute atomic E-state index is 0.0530. The van der Waals surface area contributed by atoms with Gasteiger partial charge in [0.05, 0.1) is 19.1 Å². The normalized spacial score (nSPS) is 17.8. The van der Waals surface area contributed by atoms with E-state index in [2.05, 4.69) is 16.0 Å². The molecule has 22 heavy (non-hydrogen) atoms. The molecule has 0 spiro atoms. The standard InChI is InChI=1S/C16H23N3O3/c1-3-15(20)18-12-5-4-11(2)14(8-12)19-16(21)9-13-10-17-6-7-22-13/h4-5,8,13,17H,3,6-7,9-10H2,1-2H3,(H,18,20)(H,19,21). The third-order valence-electron chi connectivity index (χ3n) is 3.53. The largest absolute Gasteiger partial charge is 0.375 e. The molecule has 120 valence electrons. The minimum atomic E-state index is -0.0873. The molecule has 0 radical (unpaired) electrons. The molecule has 1 fully saturated rings. The highest BCUT2D eigenvalue weighted by Gasteiger charge is 2.17. The van der Waals surface area contributed by atoms with Crippen LogP contribution in [0.4, 0.5) is 11.4 Å². The first kappa shape index (κ1) is 16.5. The number of rotatable bonds is 5. The summed E-state index contributed by atoms with van der Waals surface area (Å²) in [5.74, 6) is -0.140. The number of aryl methyl sites for hydroxylation is 1. The molecule has 3 N–H and O–H groups in total. The van der Waals surface area contributed by atoms with Crippen molar-refractivity contribution in [2.75, 3.05) is 30.3 Å². The van der Waals surface area contributed by atoms with E-state index < -0.39 is 0 Å². The van der Waals surface area contributed by atoms with Gasteiger partial charge in [-0.25, -0.2) is 0 Å². The molecular formula is C16H23N3O3. The summed E-state index contributed by atoms with van der Waals surface area (Å²) in [7, 11) is 0. The molecule has 0 saturated carbocycles.